The first-order chi connectivity index (χ1) is 9.48. The van der Waals surface area contributed by atoms with Gasteiger partial charge in [0.1, 0.15) is 12.4 Å². The monoisotopic (exact) mass is 301 g/mol. The summed E-state index contributed by atoms with van der Waals surface area (Å²) in [6.45, 7) is 6.01. The summed E-state index contributed by atoms with van der Waals surface area (Å²) in [6.07, 6.45) is 0.641. The Morgan fingerprint density at radius 2 is 2.15 bits per heavy atom. The Morgan fingerprint density at radius 1 is 1.40 bits per heavy atom. The molecule has 4 nitrogen and oxygen atoms in total. The second-order valence-electron chi connectivity index (χ2n) is 5.06. The second-order valence-corrected chi connectivity index (χ2v) is 5.50. The molecule has 0 spiro atoms. The summed E-state index contributed by atoms with van der Waals surface area (Å²) >= 11 is 6.02. The van der Waals surface area contributed by atoms with Crippen LogP contribution >= 0.6 is 11.6 Å². The number of hydrogen-bond acceptors (Lipinski definition) is 4. The van der Waals surface area contributed by atoms with Crippen LogP contribution < -0.4 is 10.1 Å². The highest BCUT2D eigenvalue weighted by molar-refractivity contribution is 6.30. The molecule has 0 fully saturated rings. The maximum absolute atomic E-state index is 9.99. The fourth-order valence-corrected chi connectivity index (χ4v) is 1.75. The van der Waals surface area contributed by atoms with E-state index in [9.17, 15) is 5.11 Å². The van der Waals surface area contributed by atoms with Crippen LogP contribution in [0.15, 0.2) is 18.2 Å². The van der Waals surface area contributed by atoms with Gasteiger partial charge in [0, 0.05) is 30.8 Å². The molecule has 20 heavy (non-hydrogen) atoms. The van der Waals surface area contributed by atoms with Gasteiger partial charge in [-0.25, -0.2) is 0 Å². The Labute approximate surface area is 126 Å². The minimum Gasteiger partial charge on any atom is -0.490 e. The van der Waals surface area contributed by atoms with Gasteiger partial charge in [0.2, 0.25) is 0 Å². The molecule has 0 aliphatic heterocycles. The Hall–Kier alpha value is -0.810. The van der Waals surface area contributed by atoms with E-state index < -0.39 is 5.60 Å². The lowest BCUT2D eigenvalue weighted by Gasteiger charge is -2.22. The molecule has 0 aliphatic rings. The quantitative estimate of drug-likeness (QED) is 0.689. The minimum absolute atomic E-state index is 0.260. The first-order valence-electron chi connectivity index (χ1n) is 6.82. The van der Waals surface area contributed by atoms with Crippen LogP contribution in [0.2, 0.25) is 5.02 Å². The molecule has 5 heteroatoms. The van der Waals surface area contributed by atoms with E-state index in [1.807, 2.05) is 19.1 Å². The number of rotatable bonds is 9. The molecule has 1 rings (SSSR count). The van der Waals surface area contributed by atoms with Gasteiger partial charge < -0.3 is 19.9 Å². The zero-order valence-electron chi connectivity index (χ0n) is 12.4. The molecule has 1 aromatic rings. The third-order valence-corrected chi connectivity index (χ3v) is 3.36. The van der Waals surface area contributed by atoms with E-state index in [0.717, 1.165) is 17.9 Å². The maximum atomic E-state index is 9.99. The summed E-state index contributed by atoms with van der Waals surface area (Å²) in [5.41, 5.74) is 0.154. The van der Waals surface area contributed by atoms with Gasteiger partial charge in [0.25, 0.3) is 0 Å². The van der Waals surface area contributed by atoms with Crippen LogP contribution in [-0.2, 0) is 11.3 Å². The van der Waals surface area contributed by atoms with Crippen molar-refractivity contribution in [2.75, 3.05) is 26.9 Å². The highest BCUT2D eigenvalue weighted by Gasteiger charge is 2.19. The smallest absolute Gasteiger partial charge is 0.124 e. The fraction of sp³-hybridized carbons (Fsp3) is 0.600. The lowest BCUT2D eigenvalue weighted by Crippen LogP contribution is -2.31. The van der Waals surface area contributed by atoms with Gasteiger partial charge in [-0.05, 0) is 31.5 Å². The highest BCUT2D eigenvalue weighted by atomic mass is 35.5. The summed E-state index contributed by atoms with van der Waals surface area (Å²) in [5.74, 6) is 0.744. The zero-order chi connectivity index (χ0) is 15.0. The summed E-state index contributed by atoms with van der Waals surface area (Å²) < 4.78 is 10.7. The molecule has 1 unspecified atom stereocenters. The van der Waals surface area contributed by atoms with Crippen molar-refractivity contribution in [3.05, 3.63) is 28.8 Å². The lowest BCUT2D eigenvalue weighted by atomic mass is 10.1. The standard InChI is InChI=1S/C15H24ClNO3/c1-4-15(2,18)11-20-14-6-5-13(16)9-12(14)10-17-7-8-19-3/h5-6,9,17-18H,4,7-8,10-11H2,1-3H3. The van der Waals surface area contributed by atoms with Crippen molar-refractivity contribution in [1.82, 2.24) is 5.32 Å². The lowest BCUT2D eigenvalue weighted by molar-refractivity contribution is 0.00816. The first kappa shape index (κ1) is 17.2. The van der Waals surface area contributed by atoms with E-state index in [1.165, 1.54) is 0 Å². The van der Waals surface area contributed by atoms with Gasteiger partial charge in [-0.2, -0.15) is 0 Å². The summed E-state index contributed by atoms with van der Waals surface area (Å²) in [6, 6.07) is 5.50. The second kappa shape index (κ2) is 8.47. The van der Waals surface area contributed by atoms with Crippen LogP contribution in [0.1, 0.15) is 25.8 Å². The van der Waals surface area contributed by atoms with Crippen molar-refractivity contribution in [2.45, 2.75) is 32.4 Å². The summed E-state index contributed by atoms with van der Waals surface area (Å²) in [7, 11) is 1.67. The number of ether oxygens (including phenoxy) is 2. The molecular weight excluding hydrogens is 278 g/mol. The molecule has 0 radical (unpaired) electrons. The molecule has 114 valence electrons. The van der Waals surface area contributed by atoms with E-state index in [4.69, 9.17) is 21.1 Å². The van der Waals surface area contributed by atoms with Crippen LogP contribution in [0.3, 0.4) is 0 Å². The summed E-state index contributed by atoms with van der Waals surface area (Å²) in [4.78, 5) is 0. The van der Waals surface area contributed by atoms with Crippen molar-refractivity contribution in [3.63, 3.8) is 0 Å². The van der Waals surface area contributed by atoms with Gasteiger partial charge in [-0.1, -0.05) is 18.5 Å². The van der Waals surface area contributed by atoms with Crippen LogP contribution in [0.4, 0.5) is 0 Å². The van der Waals surface area contributed by atoms with Crippen molar-refractivity contribution < 1.29 is 14.6 Å². The molecule has 2 N–H and O–H groups in total. The van der Waals surface area contributed by atoms with Crippen molar-refractivity contribution in [1.29, 1.82) is 0 Å². The Balaban J connectivity index is 2.64. The predicted octanol–water partition coefficient (Wildman–Crippen LogP) is 2.62. The molecule has 1 aromatic carbocycles. The van der Waals surface area contributed by atoms with E-state index in [-0.39, 0.29) is 6.61 Å². The van der Waals surface area contributed by atoms with E-state index in [0.29, 0.717) is 24.6 Å². The van der Waals surface area contributed by atoms with Gasteiger partial charge in [0.15, 0.2) is 0 Å². The Kier molecular flexibility index (Phi) is 7.30. The largest absolute Gasteiger partial charge is 0.490 e. The third kappa shape index (κ3) is 6.09. The molecule has 0 aliphatic carbocycles. The maximum Gasteiger partial charge on any atom is 0.124 e. The molecule has 0 heterocycles. The molecule has 0 saturated carbocycles. The molecule has 1 atom stereocenters. The number of hydrogen-bond donors (Lipinski definition) is 2. The van der Waals surface area contributed by atoms with Gasteiger partial charge >= 0.3 is 0 Å². The summed E-state index contributed by atoms with van der Waals surface area (Å²) in [5, 5.41) is 13.9. The number of halogens is 1. The molecule has 0 saturated heterocycles. The zero-order valence-corrected chi connectivity index (χ0v) is 13.2. The topological polar surface area (TPSA) is 50.7 Å². The van der Waals surface area contributed by atoms with Crippen molar-refractivity contribution >= 4 is 11.6 Å². The Morgan fingerprint density at radius 3 is 2.80 bits per heavy atom. The molecule has 0 aromatic heterocycles. The number of aliphatic hydroxyl groups is 1. The number of nitrogens with one attached hydrogen (secondary N) is 1. The van der Waals surface area contributed by atoms with Crippen molar-refractivity contribution in [3.8, 4) is 5.75 Å². The van der Waals surface area contributed by atoms with Crippen molar-refractivity contribution in [2.24, 2.45) is 0 Å². The van der Waals surface area contributed by atoms with Crippen LogP contribution in [0, 0.1) is 0 Å². The molecular formula is C15H24ClNO3. The Bertz CT molecular complexity index is 410. The number of benzene rings is 1. The van der Waals surface area contributed by atoms with E-state index in [1.54, 1.807) is 20.1 Å². The van der Waals surface area contributed by atoms with Crippen LogP contribution in [0.5, 0.6) is 5.75 Å². The minimum atomic E-state index is -0.819. The van der Waals surface area contributed by atoms with Gasteiger partial charge in [0.05, 0.1) is 12.2 Å². The first-order valence-corrected chi connectivity index (χ1v) is 7.19. The number of methoxy groups -OCH3 is 1. The predicted molar refractivity (Wildman–Crippen MR) is 81.4 cm³/mol. The van der Waals surface area contributed by atoms with Gasteiger partial charge in [-0.15, -0.1) is 0 Å². The van der Waals surface area contributed by atoms with E-state index >= 15 is 0 Å². The highest BCUT2D eigenvalue weighted by Crippen LogP contribution is 2.24. The van der Waals surface area contributed by atoms with E-state index in [2.05, 4.69) is 5.32 Å². The normalized spacial score (nSPS) is 14.1. The molecule has 0 bridgehead atoms. The molecule has 0 amide bonds. The average Bonchev–Trinajstić information content (AvgIpc) is 2.43. The third-order valence-electron chi connectivity index (χ3n) is 3.12. The average molecular weight is 302 g/mol. The van der Waals surface area contributed by atoms with Crippen LogP contribution in [0.25, 0.3) is 0 Å². The fourth-order valence-electron chi connectivity index (χ4n) is 1.56. The van der Waals surface area contributed by atoms with Crippen LogP contribution in [-0.4, -0.2) is 37.6 Å². The SMILES string of the molecule is CCC(C)(O)COc1ccc(Cl)cc1CNCCOC. The van der Waals surface area contributed by atoms with Gasteiger partial charge in [-0.3, -0.25) is 0 Å².